The molecule has 1 fully saturated rings. The van der Waals surface area contributed by atoms with Crippen molar-refractivity contribution in [2.75, 3.05) is 18.1 Å². The van der Waals surface area contributed by atoms with Crippen LogP contribution in [0.15, 0.2) is 29.3 Å². The van der Waals surface area contributed by atoms with Gasteiger partial charge in [-0.15, -0.1) is 23.5 Å². The van der Waals surface area contributed by atoms with Crippen LogP contribution in [0, 0.1) is 5.41 Å². The molecule has 2 aliphatic rings. The monoisotopic (exact) mass is 350 g/mol. The van der Waals surface area contributed by atoms with Crippen molar-refractivity contribution in [1.29, 1.82) is 0 Å². The van der Waals surface area contributed by atoms with E-state index in [1.54, 1.807) is 17.8 Å². The normalized spacial score (nSPS) is 29.0. The molecule has 3 nitrogen and oxygen atoms in total. The summed E-state index contributed by atoms with van der Waals surface area (Å²) in [5.74, 6) is 2.52. The highest BCUT2D eigenvalue weighted by atomic mass is 32.2. The van der Waals surface area contributed by atoms with Crippen LogP contribution in [0.2, 0.25) is 0 Å². The van der Waals surface area contributed by atoms with Gasteiger partial charge in [0.2, 0.25) is 0 Å². The van der Waals surface area contributed by atoms with Gasteiger partial charge in [0, 0.05) is 29.7 Å². The molecule has 3 rings (SSSR count). The van der Waals surface area contributed by atoms with E-state index in [0.717, 1.165) is 22.9 Å². The van der Waals surface area contributed by atoms with Crippen molar-refractivity contribution < 1.29 is 5.11 Å². The van der Waals surface area contributed by atoms with Crippen LogP contribution in [0.3, 0.4) is 0 Å². The smallest absolute Gasteiger partial charge is 0.125 e. The summed E-state index contributed by atoms with van der Waals surface area (Å²) in [6, 6.07) is 8.44. The topological polar surface area (TPSA) is 35.8 Å². The predicted molar refractivity (Wildman–Crippen MR) is 103 cm³/mol. The molecule has 3 atom stereocenters. The molecule has 1 aromatic carbocycles. The zero-order valence-corrected chi connectivity index (χ0v) is 16.0. The molecule has 1 aromatic rings. The number of para-hydroxylation sites is 1. The van der Waals surface area contributed by atoms with Crippen molar-refractivity contribution in [3.63, 3.8) is 0 Å². The largest absolute Gasteiger partial charge is 0.507 e. The van der Waals surface area contributed by atoms with Crippen LogP contribution in [0.4, 0.5) is 0 Å². The van der Waals surface area contributed by atoms with Crippen LogP contribution in [0.25, 0.3) is 0 Å². The van der Waals surface area contributed by atoms with Gasteiger partial charge in [-0.1, -0.05) is 32.9 Å². The van der Waals surface area contributed by atoms with Crippen LogP contribution in [0.5, 0.6) is 5.75 Å². The van der Waals surface area contributed by atoms with Gasteiger partial charge in [0.05, 0.1) is 11.4 Å². The van der Waals surface area contributed by atoms with Gasteiger partial charge in [0.25, 0.3) is 0 Å². The number of aliphatic imine (C=N–C) groups is 1. The number of hydrogen-bond donors (Lipinski definition) is 1. The van der Waals surface area contributed by atoms with Crippen LogP contribution in [-0.4, -0.2) is 50.6 Å². The highest BCUT2D eigenvalue weighted by Crippen LogP contribution is 2.39. The summed E-state index contributed by atoms with van der Waals surface area (Å²) >= 11 is 3.82. The molecule has 126 valence electrons. The summed E-state index contributed by atoms with van der Waals surface area (Å²) in [6.45, 7) is 10.3. The number of phenols is 1. The Morgan fingerprint density at radius 3 is 2.70 bits per heavy atom. The first-order chi connectivity index (χ1) is 10.8. The SMILES string of the molecule is C[C@@H]1CSC([C@H]2CSC(c3ccccc3O)=N2)N1CC(C)(C)C. The van der Waals surface area contributed by atoms with E-state index in [4.69, 9.17) is 4.99 Å². The lowest BCUT2D eigenvalue weighted by atomic mass is 9.95. The number of aromatic hydroxyl groups is 1. The summed E-state index contributed by atoms with van der Waals surface area (Å²) in [5, 5.41) is 11.5. The van der Waals surface area contributed by atoms with Crippen molar-refractivity contribution in [1.82, 2.24) is 4.90 Å². The minimum Gasteiger partial charge on any atom is -0.507 e. The van der Waals surface area contributed by atoms with Gasteiger partial charge in [-0.2, -0.15) is 0 Å². The third kappa shape index (κ3) is 3.89. The molecule has 23 heavy (non-hydrogen) atoms. The highest BCUT2D eigenvalue weighted by Gasteiger charge is 2.40. The average Bonchev–Trinajstić information content (AvgIpc) is 3.06. The van der Waals surface area contributed by atoms with E-state index >= 15 is 0 Å². The molecule has 0 spiro atoms. The van der Waals surface area contributed by atoms with Gasteiger partial charge in [0.1, 0.15) is 10.8 Å². The lowest BCUT2D eigenvalue weighted by Crippen LogP contribution is -2.45. The standard InChI is InChI=1S/C18H26N2OS2/c1-12-9-23-17(20(12)11-18(2,3)4)14-10-22-16(19-14)13-7-5-6-8-15(13)21/h5-8,12,14,17,21H,9-11H2,1-4H3/t12-,14-,17?/m1/s1. The molecular formula is C18H26N2OS2. The zero-order chi connectivity index (χ0) is 16.6. The summed E-state index contributed by atoms with van der Waals surface area (Å²) in [5.41, 5.74) is 1.17. The van der Waals surface area contributed by atoms with E-state index in [9.17, 15) is 5.11 Å². The number of phenolic OH excluding ortho intramolecular Hbond substituents is 1. The molecule has 0 radical (unpaired) electrons. The fraction of sp³-hybridized carbons (Fsp3) is 0.611. The van der Waals surface area contributed by atoms with Crippen LogP contribution in [0.1, 0.15) is 33.3 Å². The Morgan fingerprint density at radius 2 is 2.00 bits per heavy atom. The molecule has 1 saturated heterocycles. The maximum atomic E-state index is 10.1. The van der Waals surface area contributed by atoms with Crippen molar-refractivity contribution >= 4 is 28.6 Å². The Kier molecular flexibility index (Phi) is 5.00. The van der Waals surface area contributed by atoms with Crippen molar-refractivity contribution in [2.24, 2.45) is 10.4 Å². The molecule has 0 saturated carbocycles. The number of thioether (sulfide) groups is 2. The van der Waals surface area contributed by atoms with Crippen LogP contribution in [-0.2, 0) is 0 Å². The molecule has 5 heteroatoms. The summed E-state index contributed by atoms with van der Waals surface area (Å²) in [7, 11) is 0. The summed E-state index contributed by atoms with van der Waals surface area (Å²) in [4.78, 5) is 7.61. The lowest BCUT2D eigenvalue weighted by Gasteiger charge is -2.35. The quantitative estimate of drug-likeness (QED) is 0.891. The predicted octanol–water partition coefficient (Wildman–Crippen LogP) is 4.06. The first kappa shape index (κ1) is 17.2. The number of hydrogen-bond acceptors (Lipinski definition) is 5. The Balaban J connectivity index is 1.78. The minimum absolute atomic E-state index is 0.299. The van der Waals surface area contributed by atoms with Crippen LogP contribution < -0.4 is 0 Å². The maximum Gasteiger partial charge on any atom is 0.125 e. The van der Waals surface area contributed by atoms with E-state index in [-0.39, 0.29) is 0 Å². The molecular weight excluding hydrogens is 324 g/mol. The Morgan fingerprint density at radius 1 is 1.26 bits per heavy atom. The van der Waals surface area contributed by atoms with E-state index < -0.39 is 0 Å². The first-order valence-corrected chi connectivity index (χ1v) is 10.2. The highest BCUT2D eigenvalue weighted by molar-refractivity contribution is 8.14. The number of nitrogens with zero attached hydrogens (tertiary/aromatic N) is 2. The third-order valence-corrected chi connectivity index (χ3v) is 6.90. The van der Waals surface area contributed by atoms with E-state index in [1.807, 2.05) is 30.0 Å². The molecule has 2 aliphatic heterocycles. The van der Waals surface area contributed by atoms with Gasteiger partial charge in [-0.3, -0.25) is 9.89 Å². The van der Waals surface area contributed by atoms with Gasteiger partial charge in [0.15, 0.2) is 0 Å². The van der Waals surface area contributed by atoms with E-state index in [2.05, 4.69) is 32.6 Å². The first-order valence-electron chi connectivity index (χ1n) is 8.21. The maximum absolute atomic E-state index is 10.1. The second kappa shape index (κ2) is 6.69. The molecule has 0 bridgehead atoms. The molecule has 1 N–H and O–H groups in total. The second-order valence-corrected chi connectivity index (χ2v) is 9.79. The summed E-state index contributed by atoms with van der Waals surface area (Å²) < 4.78 is 0. The Bertz CT molecular complexity index is 597. The Hall–Kier alpha value is -0.650. The minimum atomic E-state index is 0.299. The third-order valence-electron chi connectivity index (χ3n) is 4.20. The van der Waals surface area contributed by atoms with E-state index in [0.29, 0.717) is 28.6 Å². The van der Waals surface area contributed by atoms with Crippen molar-refractivity contribution in [3.8, 4) is 5.75 Å². The molecule has 0 amide bonds. The second-order valence-electron chi connectivity index (χ2n) is 7.64. The van der Waals surface area contributed by atoms with Crippen molar-refractivity contribution in [2.45, 2.75) is 45.2 Å². The zero-order valence-electron chi connectivity index (χ0n) is 14.3. The molecule has 1 unspecified atom stereocenters. The van der Waals surface area contributed by atoms with Crippen LogP contribution >= 0.6 is 23.5 Å². The van der Waals surface area contributed by atoms with Gasteiger partial charge in [-0.05, 0) is 24.5 Å². The van der Waals surface area contributed by atoms with Gasteiger partial charge < -0.3 is 5.11 Å². The molecule has 2 heterocycles. The summed E-state index contributed by atoms with van der Waals surface area (Å²) in [6.07, 6.45) is 0. The Labute approximate surface area is 147 Å². The van der Waals surface area contributed by atoms with Crippen molar-refractivity contribution in [3.05, 3.63) is 29.8 Å². The van der Waals surface area contributed by atoms with E-state index in [1.165, 1.54) is 5.75 Å². The number of rotatable bonds is 3. The lowest BCUT2D eigenvalue weighted by molar-refractivity contribution is 0.148. The van der Waals surface area contributed by atoms with Gasteiger partial charge in [-0.25, -0.2) is 0 Å². The van der Waals surface area contributed by atoms with Gasteiger partial charge >= 0.3 is 0 Å². The fourth-order valence-electron chi connectivity index (χ4n) is 3.14. The number of benzene rings is 1. The average molecular weight is 351 g/mol. The molecule has 0 aliphatic carbocycles. The molecule has 0 aromatic heterocycles. The fourth-order valence-corrected chi connectivity index (χ4v) is 5.91.